The maximum Gasteiger partial charge on any atom is 0.246 e. The molecule has 1 aliphatic rings. The first kappa shape index (κ1) is 15.9. The van der Waals surface area contributed by atoms with E-state index >= 15 is 0 Å². The predicted molar refractivity (Wildman–Crippen MR) is 84.9 cm³/mol. The quantitative estimate of drug-likeness (QED) is 0.852. The van der Waals surface area contributed by atoms with Gasteiger partial charge in [0.15, 0.2) is 0 Å². The molecule has 0 spiro atoms. The van der Waals surface area contributed by atoms with Crippen molar-refractivity contribution in [3.05, 3.63) is 29.3 Å². The molecule has 0 aliphatic carbocycles. The van der Waals surface area contributed by atoms with Crippen molar-refractivity contribution >= 4 is 17.5 Å². The molecule has 0 bridgehead atoms. The molecule has 1 saturated heterocycles. The van der Waals surface area contributed by atoms with Crippen LogP contribution in [0.3, 0.4) is 0 Å². The van der Waals surface area contributed by atoms with Gasteiger partial charge in [0.1, 0.15) is 6.54 Å². The van der Waals surface area contributed by atoms with Gasteiger partial charge in [0, 0.05) is 18.7 Å². The number of amides is 1. The average Bonchev–Trinajstić information content (AvgIpc) is 2.95. The number of benzene rings is 1. The Morgan fingerprint density at radius 2 is 2.00 bits per heavy atom. The number of aromatic nitrogens is 4. The molecule has 0 N–H and O–H groups in total. The number of nitrogens with zero attached hydrogens (tertiary/aromatic N) is 5. The Bertz CT molecular complexity index is 695. The van der Waals surface area contributed by atoms with E-state index in [1.807, 2.05) is 32.0 Å². The first-order valence-corrected chi connectivity index (χ1v) is 7.86. The van der Waals surface area contributed by atoms with Crippen molar-refractivity contribution in [2.75, 3.05) is 13.1 Å². The zero-order valence-electron chi connectivity index (χ0n) is 13.0. The van der Waals surface area contributed by atoms with Crippen LogP contribution in [0.1, 0.15) is 13.8 Å². The molecule has 1 fully saturated rings. The second-order valence-electron chi connectivity index (χ2n) is 5.68. The minimum atomic E-state index is -0.0462. The fourth-order valence-corrected chi connectivity index (χ4v) is 2.88. The highest BCUT2D eigenvalue weighted by Gasteiger charge is 2.26. The van der Waals surface area contributed by atoms with Crippen molar-refractivity contribution in [2.24, 2.45) is 0 Å². The molecule has 0 saturated carbocycles. The SMILES string of the molecule is C[C@@H]1CN(C(=O)Cn2nnc(-c3ccccc3Cl)n2)C[C@@H](C)O1. The molecule has 3 rings (SSSR count). The molecule has 8 heteroatoms. The van der Waals surface area contributed by atoms with Crippen molar-refractivity contribution in [2.45, 2.75) is 32.6 Å². The van der Waals surface area contributed by atoms with Gasteiger partial charge in [-0.3, -0.25) is 4.79 Å². The number of halogens is 1. The van der Waals surface area contributed by atoms with Gasteiger partial charge < -0.3 is 9.64 Å². The molecule has 23 heavy (non-hydrogen) atoms. The lowest BCUT2D eigenvalue weighted by molar-refractivity contribution is -0.144. The van der Waals surface area contributed by atoms with Gasteiger partial charge in [-0.2, -0.15) is 4.80 Å². The lowest BCUT2D eigenvalue weighted by atomic mass is 10.2. The van der Waals surface area contributed by atoms with Gasteiger partial charge in [0.25, 0.3) is 0 Å². The molecular formula is C15H18ClN5O2. The summed E-state index contributed by atoms with van der Waals surface area (Å²) in [7, 11) is 0. The Kier molecular flexibility index (Phi) is 4.58. The van der Waals surface area contributed by atoms with Crippen LogP contribution in [0.15, 0.2) is 24.3 Å². The van der Waals surface area contributed by atoms with Gasteiger partial charge in [-0.25, -0.2) is 0 Å². The average molecular weight is 336 g/mol. The highest BCUT2D eigenvalue weighted by Crippen LogP contribution is 2.23. The number of tetrazole rings is 1. The molecular weight excluding hydrogens is 318 g/mol. The summed E-state index contributed by atoms with van der Waals surface area (Å²) in [4.78, 5) is 15.5. The zero-order chi connectivity index (χ0) is 16.4. The van der Waals surface area contributed by atoms with Crippen molar-refractivity contribution < 1.29 is 9.53 Å². The van der Waals surface area contributed by atoms with Gasteiger partial charge in [-0.15, -0.1) is 10.2 Å². The van der Waals surface area contributed by atoms with E-state index in [1.165, 1.54) is 4.80 Å². The summed E-state index contributed by atoms with van der Waals surface area (Å²) < 4.78 is 5.63. The van der Waals surface area contributed by atoms with Crippen molar-refractivity contribution in [1.82, 2.24) is 25.1 Å². The van der Waals surface area contributed by atoms with Crippen LogP contribution in [-0.2, 0) is 16.1 Å². The maximum atomic E-state index is 12.4. The number of morpholine rings is 1. The summed E-state index contributed by atoms with van der Waals surface area (Å²) in [6.45, 7) is 5.12. The minimum absolute atomic E-state index is 0.0325. The van der Waals surface area contributed by atoms with Gasteiger partial charge in [-0.05, 0) is 31.2 Å². The first-order chi connectivity index (χ1) is 11.0. The van der Waals surface area contributed by atoms with Crippen molar-refractivity contribution in [1.29, 1.82) is 0 Å². The Balaban J connectivity index is 1.69. The minimum Gasteiger partial charge on any atom is -0.372 e. The van der Waals surface area contributed by atoms with Crippen LogP contribution in [-0.4, -0.2) is 56.3 Å². The third-order valence-electron chi connectivity index (χ3n) is 3.62. The molecule has 122 valence electrons. The van der Waals surface area contributed by atoms with E-state index in [1.54, 1.807) is 11.0 Å². The Hall–Kier alpha value is -1.99. The fraction of sp³-hybridized carbons (Fsp3) is 0.467. The highest BCUT2D eigenvalue weighted by molar-refractivity contribution is 6.33. The number of hydrogen-bond acceptors (Lipinski definition) is 5. The third-order valence-corrected chi connectivity index (χ3v) is 3.95. The third kappa shape index (κ3) is 3.68. The molecule has 0 radical (unpaired) electrons. The molecule has 1 aromatic heterocycles. The van der Waals surface area contributed by atoms with E-state index in [-0.39, 0.29) is 24.7 Å². The lowest BCUT2D eigenvalue weighted by Gasteiger charge is -2.35. The van der Waals surface area contributed by atoms with Crippen molar-refractivity contribution in [3.8, 4) is 11.4 Å². The molecule has 2 aromatic rings. The van der Waals surface area contributed by atoms with E-state index in [4.69, 9.17) is 16.3 Å². The Morgan fingerprint density at radius 3 is 2.70 bits per heavy atom. The molecule has 1 aromatic carbocycles. The van der Waals surface area contributed by atoms with Gasteiger partial charge in [0.2, 0.25) is 11.7 Å². The lowest BCUT2D eigenvalue weighted by Crippen LogP contribution is -2.49. The number of rotatable bonds is 3. The highest BCUT2D eigenvalue weighted by atomic mass is 35.5. The molecule has 0 unspecified atom stereocenters. The number of hydrogen-bond donors (Lipinski definition) is 0. The molecule has 7 nitrogen and oxygen atoms in total. The normalized spacial score (nSPS) is 21.4. The number of carbonyl (C=O) groups excluding carboxylic acids is 1. The topological polar surface area (TPSA) is 73.1 Å². The second kappa shape index (κ2) is 6.64. The van der Waals surface area contributed by atoms with Gasteiger partial charge >= 0.3 is 0 Å². The zero-order valence-corrected chi connectivity index (χ0v) is 13.8. The van der Waals surface area contributed by atoms with E-state index in [9.17, 15) is 4.79 Å². The predicted octanol–water partition coefficient (Wildman–Crippen LogP) is 1.63. The smallest absolute Gasteiger partial charge is 0.246 e. The number of carbonyl (C=O) groups is 1. The first-order valence-electron chi connectivity index (χ1n) is 7.49. The van der Waals surface area contributed by atoms with Crippen LogP contribution in [0.4, 0.5) is 0 Å². The molecule has 2 heterocycles. The molecule has 1 aliphatic heterocycles. The van der Waals surface area contributed by atoms with Crippen LogP contribution in [0, 0.1) is 0 Å². The van der Waals surface area contributed by atoms with Gasteiger partial charge in [-0.1, -0.05) is 23.7 Å². The van der Waals surface area contributed by atoms with E-state index in [2.05, 4.69) is 15.4 Å². The summed E-state index contributed by atoms with van der Waals surface area (Å²) in [5, 5.41) is 12.7. The molecule has 2 atom stereocenters. The Labute approximate surface area is 139 Å². The monoisotopic (exact) mass is 335 g/mol. The van der Waals surface area contributed by atoms with Gasteiger partial charge in [0.05, 0.1) is 17.2 Å². The summed E-state index contributed by atoms with van der Waals surface area (Å²) in [5.41, 5.74) is 0.696. The largest absolute Gasteiger partial charge is 0.372 e. The molecule has 1 amide bonds. The van der Waals surface area contributed by atoms with Crippen LogP contribution >= 0.6 is 11.6 Å². The maximum absolute atomic E-state index is 12.4. The van der Waals surface area contributed by atoms with Crippen molar-refractivity contribution in [3.63, 3.8) is 0 Å². The second-order valence-corrected chi connectivity index (χ2v) is 6.09. The summed E-state index contributed by atoms with van der Waals surface area (Å²) in [6.07, 6.45) is 0.0650. The van der Waals surface area contributed by atoms with Crippen LogP contribution in [0.2, 0.25) is 5.02 Å². The van der Waals surface area contributed by atoms with E-state index in [0.29, 0.717) is 29.5 Å². The summed E-state index contributed by atoms with van der Waals surface area (Å²) in [6, 6.07) is 7.26. The standard InChI is InChI=1S/C15H18ClN5O2/c1-10-7-20(8-11(2)23-10)14(22)9-21-18-15(17-19-21)12-5-3-4-6-13(12)16/h3-6,10-11H,7-9H2,1-2H3/t10-,11-/m1/s1. The van der Waals surface area contributed by atoms with Crippen LogP contribution in [0.5, 0.6) is 0 Å². The van der Waals surface area contributed by atoms with Crippen LogP contribution < -0.4 is 0 Å². The summed E-state index contributed by atoms with van der Waals surface area (Å²) in [5.74, 6) is 0.363. The van der Waals surface area contributed by atoms with E-state index < -0.39 is 0 Å². The fourth-order valence-electron chi connectivity index (χ4n) is 2.66. The summed E-state index contributed by atoms with van der Waals surface area (Å²) >= 11 is 6.12. The van der Waals surface area contributed by atoms with Crippen LogP contribution in [0.25, 0.3) is 11.4 Å². The Morgan fingerprint density at radius 1 is 1.30 bits per heavy atom. The van der Waals surface area contributed by atoms with E-state index in [0.717, 1.165) is 0 Å². The number of ether oxygens (including phenoxy) is 1.